The molecule has 2 rings (SSSR count). The van der Waals surface area contributed by atoms with Crippen LogP contribution in [0.3, 0.4) is 0 Å². The maximum atomic E-state index is 5.80. The summed E-state index contributed by atoms with van der Waals surface area (Å²) in [5, 5.41) is 3.17. The van der Waals surface area contributed by atoms with Gasteiger partial charge in [-0.25, -0.2) is 4.98 Å². The molecule has 0 bridgehead atoms. The van der Waals surface area contributed by atoms with Crippen LogP contribution in [0.5, 0.6) is 5.75 Å². The van der Waals surface area contributed by atoms with Crippen LogP contribution in [0, 0.1) is 6.92 Å². The van der Waals surface area contributed by atoms with Gasteiger partial charge in [0.2, 0.25) is 0 Å². The lowest BCUT2D eigenvalue weighted by Gasteiger charge is -2.09. The number of pyridine rings is 1. The Morgan fingerprint density at radius 1 is 1.28 bits per heavy atom. The van der Waals surface area contributed by atoms with Gasteiger partial charge in [0, 0.05) is 18.0 Å². The molecule has 0 aliphatic heterocycles. The number of benzene rings is 1. The molecule has 0 aliphatic carbocycles. The van der Waals surface area contributed by atoms with Gasteiger partial charge in [0.1, 0.15) is 18.2 Å². The van der Waals surface area contributed by atoms with Crippen molar-refractivity contribution in [2.24, 2.45) is 0 Å². The number of aromatic nitrogens is 1. The Hall–Kier alpha value is -2.23. The lowest BCUT2D eigenvalue weighted by Crippen LogP contribution is -2.12. The standard InChI is InChI=1S/C14H17N3O/c1-11-10-17-14(9-13(11)15)16-7-8-18-12-5-3-2-4-6-12/h2-6,9-10H,7-8H2,1H3,(H3,15,16,17). The molecule has 0 saturated heterocycles. The van der Waals surface area contributed by atoms with Gasteiger partial charge in [-0.15, -0.1) is 0 Å². The smallest absolute Gasteiger partial charge is 0.128 e. The van der Waals surface area contributed by atoms with Crippen molar-refractivity contribution in [1.29, 1.82) is 0 Å². The van der Waals surface area contributed by atoms with Crippen molar-refractivity contribution in [3.63, 3.8) is 0 Å². The average molecular weight is 243 g/mol. The predicted molar refractivity (Wildman–Crippen MR) is 73.8 cm³/mol. The molecule has 0 radical (unpaired) electrons. The highest BCUT2D eigenvalue weighted by atomic mass is 16.5. The van der Waals surface area contributed by atoms with Gasteiger partial charge < -0.3 is 15.8 Å². The van der Waals surface area contributed by atoms with E-state index < -0.39 is 0 Å². The van der Waals surface area contributed by atoms with Crippen LogP contribution in [0.4, 0.5) is 11.5 Å². The average Bonchev–Trinajstić information content (AvgIpc) is 2.40. The molecule has 3 N–H and O–H groups in total. The highest BCUT2D eigenvalue weighted by Gasteiger charge is 1.98. The van der Waals surface area contributed by atoms with Crippen molar-refractivity contribution >= 4 is 11.5 Å². The van der Waals surface area contributed by atoms with Crippen molar-refractivity contribution < 1.29 is 4.74 Å². The van der Waals surface area contributed by atoms with Crippen molar-refractivity contribution in [3.05, 3.63) is 48.2 Å². The molecule has 1 aromatic heterocycles. The molecule has 2 aromatic rings. The molecule has 1 aromatic carbocycles. The van der Waals surface area contributed by atoms with Gasteiger partial charge in [0.05, 0.1) is 6.54 Å². The summed E-state index contributed by atoms with van der Waals surface area (Å²) in [5.41, 5.74) is 7.54. The van der Waals surface area contributed by atoms with E-state index in [1.807, 2.05) is 43.3 Å². The number of hydrogen-bond donors (Lipinski definition) is 2. The van der Waals surface area contributed by atoms with Crippen LogP contribution in [0.25, 0.3) is 0 Å². The SMILES string of the molecule is Cc1cnc(NCCOc2ccccc2)cc1N. The van der Waals surface area contributed by atoms with Crippen molar-refractivity contribution in [2.45, 2.75) is 6.92 Å². The number of anilines is 2. The van der Waals surface area contributed by atoms with E-state index in [1.165, 1.54) is 0 Å². The number of aryl methyl sites for hydroxylation is 1. The van der Waals surface area contributed by atoms with Crippen molar-refractivity contribution in [2.75, 3.05) is 24.2 Å². The molecule has 4 nitrogen and oxygen atoms in total. The second-order valence-corrected chi connectivity index (χ2v) is 4.01. The highest BCUT2D eigenvalue weighted by molar-refractivity contribution is 5.53. The summed E-state index contributed by atoms with van der Waals surface area (Å²) in [7, 11) is 0. The van der Waals surface area contributed by atoms with E-state index in [1.54, 1.807) is 6.20 Å². The van der Waals surface area contributed by atoms with Gasteiger partial charge in [-0.1, -0.05) is 18.2 Å². The fourth-order valence-corrected chi connectivity index (χ4v) is 1.50. The van der Waals surface area contributed by atoms with Gasteiger partial charge in [0.25, 0.3) is 0 Å². The fraction of sp³-hybridized carbons (Fsp3) is 0.214. The quantitative estimate of drug-likeness (QED) is 0.792. The lowest BCUT2D eigenvalue weighted by molar-refractivity contribution is 0.333. The largest absolute Gasteiger partial charge is 0.492 e. The number of nitrogen functional groups attached to an aromatic ring is 1. The minimum absolute atomic E-state index is 0.583. The molecule has 0 amide bonds. The van der Waals surface area contributed by atoms with Crippen LogP contribution in [0.15, 0.2) is 42.6 Å². The van der Waals surface area contributed by atoms with Crippen LogP contribution in [0.2, 0.25) is 0 Å². The molecule has 0 aliphatic rings. The molecule has 0 spiro atoms. The fourth-order valence-electron chi connectivity index (χ4n) is 1.50. The zero-order valence-corrected chi connectivity index (χ0v) is 10.4. The van der Waals surface area contributed by atoms with Crippen molar-refractivity contribution in [3.8, 4) is 5.75 Å². The van der Waals surface area contributed by atoms with Gasteiger partial charge in [0.15, 0.2) is 0 Å². The second-order valence-electron chi connectivity index (χ2n) is 4.01. The molecule has 1 heterocycles. The maximum Gasteiger partial charge on any atom is 0.128 e. The minimum atomic E-state index is 0.583. The number of nitrogens with zero attached hydrogens (tertiary/aromatic N) is 1. The van der Waals surface area contributed by atoms with E-state index in [2.05, 4.69) is 10.3 Å². The Labute approximate surface area is 107 Å². The van der Waals surface area contributed by atoms with Gasteiger partial charge in [-0.05, 0) is 24.6 Å². The number of nitrogens with one attached hydrogen (secondary N) is 1. The third kappa shape index (κ3) is 3.38. The van der Waals surface area contributed by atoms with Crippen LogP contribution in [-0.2, 0) is 0 Å². The van der Waals surface area contributed by atoms with E-state index in [0.29, 0.717) is 13.2 Å². The monoisotopic (exact) mass is 243 g/mol. The first kappa shape index (κ1) is 12.2. The molecule has 0 unspecified atom stereocenters. The summed E-state index contributed by atoms with van der Waals surface area (Å²) in [6.45, 7) is 3.20. The summed E-state index contributed by atoms with van der Waals surface area (Å²) in [4.78, 5) is 4.24. The maximum absolute atomic E-state index is 5.80. The van der Waals surface area contributed by atoms with E-state index in [-0.39, 0.29) is 0 Å². The number of para-hydroxylation sites is 1. The van der Waals surface area contributed by atoms with E-state index in [4.69, 9.17) is 10.5 Å². The van der Waals surface area contributed by atoms with Gasteiger partial charge in [-0.2, -0.15) is 0 Å². The number of rotatable bonds is 5. The first-order valence-corrected chi connectivity index (χ1v) is 5.89. The third-order valence-corrected chi connectivity index (χ3v) is 2.56. The number of nitrogens with two attached hydrogens (primary N) is 1. The Balaban J connectivity index is 1.77. The van der Waals surface area contributed by atoms with Crippen LogP contribution in [-0.4, -0.2) is 18.1 Å². The number of ether oxygens (including phenoxy) is 1. The van der Waals surface area contributed by atoms with Gasteiger partial charge in [-0.3, -0.25) is 0 Å². The summed E-state index contributed by atoms with van der Waals surface area (Å²) < 4.78 is 5.56. The molecule has 4 heteroatoms. The van der Waals surface area contributed by atoms with E-state index >= 15 is 0 Å². The van der Waals surface area contributed by atoms with Crippen LogP contribution in [0.1, 0.15) is 5.56 Å². The molecule has 0 fully saturated rings. The third-order valence-electron chi connectivity index (χ3n) is 2.56. The van der Waals surface area contributed by atoms with Crippen LogP contribution < -0.4 is 15.8 Å². The molecule has 0 atom stereocenters. The Bertz CT molecular complexity index is 500. The molecule has 18 heavy (non-hydrogen) atoms. The summed E-state index contributed by atoms with van der Waals surface area (Å²) in [6, 6.07) is 11.6. The molecule has 94 valence electrons. The van der Waals surface area contributed by atoms with Gasteiger partial charge >= 0.3 is 0 Å². The zero-order chi connectivity index (χ0) is 12.8. The second kappa shape index (κ2) is 5.91. The Morgan fingerprint density at radius 2 is 2.06 bits per heavy atom. The zero-order valence-electron chi connectivity index (χ0n) is 10.4. The Morgan fingerprint density at radius 3 is 2.78 bits per heavy atom. The molecular weight excluding hydrogens is 226 g/mol. The molecular formula is C14H17N3O. The summed E-state index contributed by atoms with van der Waals surface area (Å²) in [6.07, 6.45) is 1.76. The Kier molecular flexibility index (Phi) is 4.02. The first-order chi connectivity index (χ1) is 8.75. The van der Waals surface area contributed by atoms with Crippen LogP contribution >= 0.6 is 0 Å². The van der Waals surface area contributed by atoms with E-state index in [9.17, 15) is 0 Å². The lowest BCUT2D eigenvalue weighted by atomic mass is 10.2. The minimum Gasteiger partial charge on any atom is -0.492 e. The summed E-state index contributed by atoms with van der Waals surface area (Å²) in [5.74, 6) is 1.64. The van der Waals surface area contributed by atoms with Crippen molar-refractivity contribution in [1.82, 2.24) is 4.98 Å². The number of hydrogen-bond acceptors (Lipinski definition) is 4. The summed E-state index contributed by atoms with van der Waals surface area (Å²) >= 11 is 0. The molecule has 0 saturated carbocycles. The topological polar surface area (TPSA) is 60.2 Å². The normalized spacial score (nSPS) is 10.1. The van der Waals surface area contributed by atoms with E-state index in [0.717, 1.165) is 22.8 Å². The highest BCUT2D eigenvalue weighted by Crippen LogP contribution is 2.13. The predicted octanol–water partition coefficient (Wildman–Crippen LogP) is 2.46. The first-order valence-electron chi connectivity index (χ1n) is 5.89.